The van der Waals surface area contributed by atoms with Crippen LogP contribution in [0.15, 0.2) is 30.5 Å². The summed E-state index contributed by atoms with van der Waals surface area (Å²) < 4.78 is 0. The predicted molar refractivity (Wildman–Crippen MR) is 138 cm³/mol. The van der Waals surface area contributed by atoms with Crippen molar-refractivity contribution in [1.29, 1.82) is 0 Å². The lowest BCUT2D eigenvalue weighted by atomic mass is 10.0. The van der Waals surface area contributed by atoms with Gasteiger partial charge in [-0.25, -0.2) is 4.98 Å². The van der Waals surface area contributed by atoms with Gasteiger partial charge in [0.25, 0.3) is 5.91 Å². The summed E-state index contributed by atoms with van der Waals surface area (Å²) in [4.78, 5) is 31.3. The van der Waals surface area contributed by atoms with Gasteiger partial charge in [-0.05, 0) is 63.8 Å². The second-order valence-electron chi connectivity index (χ2n) is 10.3. The number of hydrogen-bond acceptors (Lipinski definition) is 7. The van der Waals surface area contributed by atoms with Crippen LogP contribution >= 0.6 is 0 Å². The van der Waals surface area contributed by atoms with Crippen LogP contribution in [-0.2, 0) is 0 Å². The van der Waals surface area contributed by atoms with E-state index < -0.39 is 6.10 Å². The highest BCUT2D eigenvalue weighted by atomic mass is 16.3. The molecule has 2 aromatic rings. The van der Waals surface area contributed by atoms with Crippen molar-refractivity contribution in [3.8, 4) is 0 Å². The summed E-state index contributed by atoms with van der Waals surface area (Å²) in [5.74, 6) is 1.07. The molecular weight excluding hydrogens is 440 g/mol. The first-order chi connectivity index (χ1) is 17.0. The van der Waals surface area contributed by atoms with Crippen LogP contribution < -0.4 is 9.80 Å². The number of nitrogens with zero attached hydrogens (tertiary/aromatic N) is 6. The summed E-state index contributed by atoms with van der Waals surface area (Å²) in [7, 11) is 0. The second-order valence-corrected chi connectivity index (χ2v) is 10.3. The van der Waals surface area contributed by atoms with Gasteiger partial charge in [-0.1, -0.05) is 0 Å². The highest BCUT2D eigenvalue weighted by Gasteiger charge is 2.29. The average molecular weight is 479 g/mol. The molecule has 4 heterocycles. The molecule has 188 valence electrons. The number of carbonyl (C=O) groups is 1. The molecule has 8 heteroatoms. The molecule has 35 heavy (non-hydrogen) atoms. The molecule has 0 spiro atoms. The van der Waals surface area contributed by atoms with Gasteiger partial charge in [-0.15, -0.1) is 0 Å². The van der Waals surface area contributed by atoms with Gasteiger partial charge in [-0.2, -0.15) is 0 Å². The fourth-order valence-electron chi connectivity index (χ4n) is 5.75. The molecule has 1 atom stereocenters. The first-order valence-electron chi connectivity index (χ1n) is 13.1. The van der Waals surface area contributed by atoms with Gasteiger partial charge in [-0.3, -0.25) is 14.7 Å². The summed E-state index contributed by atoms with van der Waals surface area (Å²) in [6.07, 6.45) is 5.43. The number of aryl methyl sites for hydroxylation is 2. The molecule has 1 aromatic heterocycles. The number of likely N-dealkylation sites (tertiary alicyclic amines) is 1. The van der Waals surface area contributed by atoms with Gasteiger partial charge < -0.3 is 19.8 Å². The molecule has 1 amide bonds. The molecule has 0 radical (unpaired) electrons. The Morgan fingerprint density at radius 2 is 1.63 bits per heavy atom. The molecule has 3 aliphatic rings. The van der Waals surface area contributed by atoms with E-state index >= 15 is 0 Å². The van der Waals surface area contributed by atoms with E-state index in [1.807, 2.05) is 32.2 Å². The van der Waals surface area contributed by atoms with E-state index in [2.05, 4.69) is 31.8 Å². The van der Waals surface area contributed by atoms with Crippen molar-refractivity contribution in [1.82, 2.24) is 19.8 Å². The van der Waals surface area contributed by atoms with Crippen LogP contribution in [0.1, 0.15) is 47.4 Å². The van der Waals surface area contributed by atoms with Gasteiger partial charge in [0.1, 0.15) is 5.82 Å². The molecule has 1 N–H and O–H groups in total. The van der Waals surface area contributed by atoms with Gasteiger partial charge in [0, 0.05) is 75.8 Å². The number of piperazine rings is 1. The predicted octanol–water partition coefficient (Wildman–Crippen LogP) is 2.48. The summed E-state index contributed by atoms with van der Waals surface area (Å²) in [5, 5.41) is 9.88. The zero-order valence-electron chi connectivity index (χ0n) is 21.1. The first kappa shape index (κ1) is 24.0. The number of anilines is 2. The smallest absolute Gasteiger partial charge is 0.253 e. The maximum absolute atomic E-state index is 12.8. The van der Waals surface area contributed by atoms with E-state index in [1.54, 1.807) is 4.90 Å². The second kappa shape index (κ2) is 10.5. The van der Waals surface area contributed by atoms with E-state index in [0.717, 1.165) is 88.7 Å². The van der Waals surface area contributed by atoms with Crippen molar-refractivity contribution in [2.75, 3.05) is 62.2 Å². The lowest BCUT2D eigenvalue weighted by molar-refractivity contribution is 0.0474. The fourth-order valence-corrected chi connectivity index (χ4v) is 5.75. The van der Waals surface area contributed by atoms with Crippen LogP contribution in [0, 0.1) is 13.8 Å². The Labute approximate surface area is 208 Å². The quantitative estimate of drug-likeness (QED) is 0.724. The van der Waals surface area contributed by atoms with Crippen molar-refractivity contribution in [2.24, 2.45) is 0 Å². The molecule has 1 unspecified atom stereocenters. The first-order valence-corrected chi connectivity index (χ1v) is 13.1. The lowest BCUT2D eigenvalue weighted by Gasteiger charge is -2.43. The molecule has 8 nitrogen and oxygen atoms in total. The van der Waals surface area contributed by atoms with Crippen molar-refractivity contribution >= 4 is 17.4 Å². The van der Waals surface area contributed by atoms with E-state index in [1.165, 1.54) is 5.69 Å². The number of hydrogen-bond donors (Lipinski definition) is 1. The van der Waals surface area contributed by atoms with Crippen LogP contribution in [0.4, 0.5) is 11.5 Å². The van der Waals surface area contributed by atoms with E-state index in [-0.39, 0.29) is 5.91 Å². The molecule has 3 aliphatic heterocycles. The number of aliphatic hydroxyl groups is 1. The minimum atomic E-state index is -0.392. The summed E-state index contributed by atoms with van der Waals surface area (Å²) in [6.45, 7) is 11.5. The van der Waals surface area contributed by atoms with Crippen LogP contribution in [0.25, 0.3) is 0 Å². The molecule has 0 saturated carbocycles. The minimum Gasteiger partial charge on any atom is -0.391 e. The zero-order valence-corrected chi connectivity index (χ0v) is 21.1. The monoisotopic (exact) mass is 478 g/mol. The fraction of sp³-hybridized carbons (Fsp3) is 0.593. The van der Waals surface area contributed by atoms with E-state index in [0.29, 0.717) is 18.2 Å². The van der Waals surface area contributed by atoms with Gasteiger partial charge in [0.15, 0.2) is 0 Å². The minimum absolute atomic E-state index is 0.0278. The number of β-amino-alcohol motifs (C(OH)–C–C–N with tert-alkyl or cyclic N) is 1. The van der Waals surface area contributed by atoms with Crippen molar-refractivity contribution < 1.29 is 9.90 Å². The highest BCUT2D eigenvalue weighted by Crippen LogP contribution is 2.26. The third kappa shape index (κ3) is 5.43. The largest absolute Gasteiger partial charge is 0.391 e. The Balaban J connectivity index is 1.11. The summed E-state index contributed by atoms with van der Waals surface area (Å²) >= 11 is 0. The number of aliphatic hydroxyl groups excluding tert-OH is 1. The van der Waals surface area contributed by atoms with E-state index in [9.17, 15) is 9.90 Å². The van der Waals surface area contributed by atoms with Crippen LogP contribution in [0.5, 0.6) is 0 Å². The van der Waals surface area contributed by atoms with Crippen molar-refractivity contribution in [2.45, 2.75) is 51.7 Å². The Morgan fingerprint density at radius 3 is 2.31 bits per heavy atom. The van der Waals surface area contributed by atoms with Crippen molar-refractivity contribution in [3.05, 3.63) is 47.4 Å². The van der Waals surface area contributed by atoms with Gasteiger partial charge in [0.05, 0.1) is 17.5 Å². The van der Waals surface area contributed by atoms with Gasteiger partial charge in [0.2, 0.25) is 0 Å². The van der Waals surface area contributed by atoms with E-state index in [4.69, 9.17) is 4.98 Å². The summed E-state index contributed by atoms with van der Waals surface area (Å²) in [6, 6.07) is 8.68. The van der Waals surface area contributed by atoms with Crippen LogP contribution in [0.3, 0.4) is 0 Å². The molecule has 3 fully saturated rings. The average Bonchev–Trinajstić information content (AvgIpc) is 2.90. The number of carbonyl (C=O) groups excluding carboxylic acids is 1. The number of piperidine rings is 2. The molecular formula is C27H38N6O2. The molecule has 1 aromatic carbocycles. The normalized spacial score (nSPS) is 22.5. The Hall–Kier alpha value is -2.71. The third-order valence-electron chi connectivity index (χ3n) is 7.81. The van der Waals surface area contributed by atoms with Crippen molar-refractivity contribution in [3.63, 3.8) is 0 Å². The molecule has 0 bridgehead atoms. The molecule has 5 rings (SSSR count). The maximum Gasteiger partial charge on any atom is 0.253 e. The number of rotatable bonds is 4. The number of aromatic nitrogens is 2. The molecule has 3 saturated heterocycles. The summed E-state index contributed by atoms with van der Waals surface area (Å²) in [5.41, 5.74) is 3.89. The Kier molecular flexibility index (Phi) is 7.20. The van der Waals surface area contributed by atoms with Crippen LogP contribution in [-0.4, -0.2) is 95.3 Å². The third-order valence-corrected chi connectivity index (χ3v) is 7.81. The zero-order chi connectivity index (χ0) is 24.4. The SMILES string of the molecule is Cc1cnc(C)c(N2CCN(C3CCN(c4ccc(C(=O)N5CCCC(O)C5)cc4)CC3)CC2)n1. The Bertz CT molecular complexity index is 1010. The Morgan fingerprint density at radius 1 is 0.914 bits per heavy atom. The lowest BCUT2D eigenvalue weighted by Crippen LogP contribution is -2.53. The topological polar surface area (TPSA) is 76.0 Å². The molecule has 0 aliphatic carbocycles. The number of benzene rings is 1. The van der Waals surface area contributed by atoms with Crippen LogP contribution in [0.2, 0.25) is 0 Å². The highest BCUT2D eigenvalue weighted by molar-refractivity contribution is 5.94. The maximum atomic E-state index is 12.8. The standard InChI is InChI=1S/C27H38N6O2/c1-20-18-28-21(2)26(29-20)32-16-14-31(15-17-32)24-9-12-30(13-10-24)23-7-5-22(6-8-23)27(35)33-11-3-4-25(34)19-33/h5-8,18,24-25,34H,3-4,9-17,19H2,1-2H3. The number of amides is 1. The van der Waals surface area contributed by atoms with Gasteiger partial charge >= 0.3 is 0 Å².